The van der Waals surface area contributed by atoms with Gasteiger partial charge in [0.1, 0.15) is 12.6 Å². The molecule has 0 spiro atoms. The van der Waals surface area contributed by atoms with E-state index in [-0.39, 0.29) is 18.0 Å². The van der Waals surface area contributed by atoms with Crippen LogP contribution in [0.15, 0.2) is 52.4 Å². The first-order valence-corrected chi connectivity index (χ1v) is 14.4. The zero-order valence-electron chi connectivity index (χ0n) is 20.1. The molecule has 1 saturated heterocycles. The van der Waals surface area contributed by atoms with E-state index < -0.39 is 27.9 Å². The minimum atomic E-state index is -3.90. The van der Waals surface area contributed by atoms with Crippen LogP contribution in [0.2, 0.25) is 5.02 Å². The van der Waals surface area contributed by atoms with Crippen molar-refractivity contribution in [2.24, 2.45) is 4.99 Å². The summed E-state index contributed by atoms with van der Waals surface area (Å²) in [6.07, 6.45) is 4.00. The van der Waals surface area contributed by atoms with Crippen molar-refractivity contribution in [1.29, 1.82) is 0 Å². The van der Waals surface area contributed by atoms with Crippen LogP contribution >= 0.6 is 22.9 Å². The second-order valence-electron chi connectivity index (χ2n) is 8.63. The summed E-state index contributed by atoms with van der Waals surface area (Å²) in [4.78, 5) is 30.2. The van der Waals surface area contributed by atoms with Gasteiger partial charge in [0.15, 0.2) is 4.80 Å². The van der Waals surface area contributed by atoms with Crippen molar-refractivity contribution in [3.63, 3.8) is 0 Å². The predicted molar refractivity (Wildman–Crippen MR) is 139 cm³/mol. The van der Waals surface area contributed by atoms with E-state index in [1.165, 1.54) is 52.6 Å². The Morgan fingerprint density at radius 3 is 2.64 bits per heavy atom. The fraction of sp³-hybridized carbons (Fsp3) is 0.400. The van der Waals surface area contributed by atoms with Crippen molar-refractivity contribution in [3.05, 3.63) is 57.9 Å². The molecule has 1 atom stereocenters. The summed E-state index contributed by atoms with van der Waals surface area (Å²) in [5.74, 6) is -1.02. The fourth-order valence-electron chi connectivity index (χ4n) is 4.27. The molecule has 0 radical (unpaired) electrons. The average molecular weight is 550 g/mol. The number of nitrogens with zero attached hydrogens (tertiary/aromatic N) is 3. The Morgan fingerprint density at radius 1 is 1.19 bits per heavy atom. The number of fused-ring (bicyclic) bond motifs is 1. The quantitative estimate of drug-likeness (QED) is 0.393. The van der Waals surface area contributed by atoms with Gasteiger partial charge in [-0.15, -0.1) is 0 Å². The van der Waals surface area contributed by atoms with Gasteiger partial charge in [0, 0.05) is 11.6 Å². The van der Waals surface area contributed by atoms with Gasteiger partial charge in [0.2, 0.25) is 10.0 Å². The number of amides is 1. The number of ether oxygens (including phenoxy) is 1. The van der Waals surface area contributed by atoms with Gasteiger partial charge < -0.3 is 9.30 Å². The summed E-state index contributed by atoms with van der Waals surface area (Å²) >= 11 is 7.21. The Kier molecular flexibility index (Phi) is 8.29. The van der Waals surface area contributed by atoms with E-state index in [0.717, 1.165) is 29.5 Å². The van der Waals surface area contributed by atoms with Crippen LogP contribution in [0, 0.1) is 0 Å². The number of thiazole rings is 1. The molecular weight excluding hydrogens is 522 g/mol. The van der Waals surface area contributed by atoms with Crippen molar-refractivity contribution >= 4 is 55.1 Å². The molecule has 1 aromatic heterocycles. The number of carbonyl (C=O) groups excluding carboxylic acids is 2. The lowest BCUT2D eigenvalue weighted by atomic mass is 10.1. The minimum Gasteiger partial charge on any atom is -0.468 e. The third kappa shape index (κ3) is 5.56. The van der Waals surface area contributed by atoms with Crippen LogP contribution < -0.4 is 4.80 Å². The molecule has 8 nitrogen and oxygen atoms in total. The number of benzene rings is 2. The molecule has 0 bridgehead atoms. The highest BCUT2D eigenvalue weighted by atomic mass is 35.5. The van der Waals surface area contributed by atoms with Crippen LogP contribution in [0.1, 0.15) is 38.2 Å². The van der Waals surface area contributed by atoms with Gasteiger partial charge >= 0.3 is 5.97 Å². The maximum Gasteiger partial charge on any atom is 0.325 e. The molecule has 0 aliphatic carbocycles. The second-order valence-corrected chi connectivity index (χ2v) is 12.0. The summed E-state index contributed by atoms with van der Waals surface area (Å²) in [7, 11) is -2.59. The number of aromatic nitrogens is 1. The van der Waals surface area contributed by atoms with Gasteiger partial charge in [0.25, 0.3) is 5.91 Å². The van der Waals surface area contributed by atoms with Gasteiger partial charge in [-0.25, -0.2) is 8.42 Å². The van der Waals surface area contributed by atoms with Crippen molar-refractivity contribution < 1.29 is 22.7 Å². The average Bonchev–Trinajstić information content (AvgIpc) is 3.48. The molecule has 1 fully saturated rings. The minimum absolute atomic E-state index is 0.0776. The fourth-order valence-corrected chi connectivity index (χ4v) is 7.15. The van der Waals surface area contributed by atoms with Crippen molar-refractivity contribution in [2.45, 2.75) is 56.5 Å². The molecule has 0 N–H and O–H groups in total. The molecule has 0 saturated carbocycles. The number of aryl methyl sites for hydroxylation is 1. The highest BCUT2D eigenvalue weighted by molar-refractivity contribution is 7.89. The smallest absolute Gasteiger partial charge is 0.325 e. The third-order valence-electron chi connectivity index (χ3n) is 6.20. The summed E-state index contributed by atoms with van der Waals surface area (Å²) in [5, 5.41) is 0.427. The van der Waals surface area contributed by atoms with E-state index in [1.807, 2.05) is 12.1 Å². The standard InChI is InChI=1S/C25H28ClN3O5S2/c1-3-4-6-17-8-13-20-22(15-17)35-25(28(20)16-23(30)34-2)27-24(31)21-7-5-14-29(21)36(32,33)19-11-9-18(26)10-12-19/h8-13,15,21H,3-7,14,16H2,1-2H3. The van der Waals surface area contributed by atoms with Crippen LogP contribution in [0.3, 0.4) is 0 Å². The number of carbonyl (C=O) groups is 2. The molecule has 2 aromatic carbocycles. The third-order valence-corrected chi connectivity index (χ3v) is 9.41. The molecule has 36 heavy (non-hydrogen) atoms. The van der Waals surface area contributed by atoms with E-state index in [2.05, 4.69) is 18.0 Å². The molecule has 1 aliphatic rings. The van der Waals surface area contributed by atoms with E-state index in [9.17, 15) is 18.0 Å². The second kappa shape index (κ2) is 11.2. The summed E-state index contributed by atoms with van der Waals surface area (Å²) in [6.45, 7) is 2.26. The van der Waals surface area contributed by atoms with Gasteiger partial charge in [-0.05, 0) is 67.6 Å². The van der Waals surface area contributed by atoms with E-state index >= 15 is 0 Å². The SMILES string of the molecule is CCCCc1ccc2c(c1)sc(=NC(=O)C1CCCN1S(=O)(=O)c1ccc(Cl)cc1)n2CC(=O)OC. The van der Waals surface area contributed by atoms with Gasteiger partial charge in [-0.3, -0.25) is 9.59 Å². The number of sulfonamides is 1. The van der Waals surface area contributed by atoms with Crippen LogP contribution in [0.4, 0.5) is 0 Å². The van der Waals surface area contributed by atoms with Gasteiger partial charge in [-0.2, -0.15) is 9.30 Å². The normalized spacial score (nSPS) is 17.1. The molecule has 1 amide bonds. The Morgan fingerprint density at radius 2 is 1.94 bits per heavy atom. The number of rotatable bonds is 8. The molecule has 192 valence electrons. The zero-order valence-corrected chi connectivity index (χ0v) is 22.5. The number of hydrogen-bond acceptors (Lipinski definition) is 6. The lowest BCUT2D eigenvalue weighted by Crippen LogP contribution is -2.40. The molecule has 3 aromatic rings. The zero-order chi connectivity index (χ0) is 25.9. The molecule has 2 heterocycles. The number of halogens is 1. The lowest BCUT2D eigenvalue weighted by molar-refractivity contribution is -0.141. The molecule has 4 rings (SSSR count). The molecule has 1 aliphatic heterocycles. The van der Waals surface area contributed by atoms with Crippen LogP contribution in [0.25, 0.3) is 10.2 Å². The van der Waals surface area contributed by atoms with Crippen LogP contribution in [0.5, 0.6) is 0 Å². The molecule has 1 unspecified atom stereocenters. The number of esters is 1. The Bertz CT molecular complexity index is 1440. The first-order chi connectivity index (χ1) is 17.2. The first-order valence-electron chi connectivity index (χ1n) is 11.8. The Labute approximate surface area is 219 Å². The van der Waals surface area contributed by atoms with Gasteiger partial charge in [0.05, 0.1) is 22.2 Å². The largest absolute Gasteiger partial charge is 0.468 e. The van der Waals surface area contributed by atoms with Gasteiger partial charge in [-0.1, -0.05) is 42.3 Å². The maximum absolute atomic E-state index is 13.3. The predicted octanol–water partition coefficient (Wildman–Crippen LogP) is 4.15. The van der Waals surface area contributed by atoms with Crippen molar-refractivity contribution in [3.8, 4) is 0 Å². The summed E-state index contributed by atoms with van der Waals surface area (Å²) < 4.78 is 35.1. The van der Waals surface area contributed by atoms with Crippen LogP contribution in [-0.2, 0) is 37.3 Å². The lowest BCUT2D eigenvalue weighted by Gasteiger charge is -2.21. The monoisotopic (exact) mass is 549 g/mol. The topological polar surface area (TPSA) is 98.0 Å². The maximum atomic E-state index is 13.3. The highest BCUT2D eigenvalue weighted by Gasteiger charge is 2.39. The van der Waals surface area contributed by atoms with Crippen LogP contribution in [-0.4, -0.2) is 48.9 Å². The Balaban J connectivity index is 1.72. The van der Waals surface area contributed by atoms with E-state index in [1.54, 1.807) is 4.57 Å². The van der Waals surface area contributed by atoms with E-state index in [4.69, 9.17) is 16.3 Å². The summed E-state index contributed by atoms with van der Waals surface area (Å²) in [5.41, 5.74) is 1.94. The first kappa shape index (κ1) is 26.5. The highest BCUT2D eigenvalue weighted by Crippen LogP contribution is 2.28. The van der Waals surface area contributed by atoms with E-state index in [0.29, 0.717) is 22.7 Å². The molecular formula is C25H28ClN3O5S2. The number of hydrogen-bond donors (Lipinski definition) is 0. The number of methoxy groups -OCH3 is 1. The van der Waals surface area contributed by atoms with Crippen molar-refractivity contribution in [1.82, 2.24) is 8.87 Å². The summed E-state index contributed by atoms with van der Waals surface area (Å²) in [6, 6.07) is 11.0. The number of unbranched alkanes of at least 4 members (excludes halogenated alkanes) is 1. The van der Waals surface area contributed by atoms with Crippen molar-refractivity contribution in [2.75, 3.05) is 13.7 Å². The molecule has 11 heteroatoms. The Hall–Kier alpha value is -2.53.